The predicted octanol–water partition coefficient (Wildman–Crippen LogP) is 0.805. The van der Waals surface area contributed by atoms with Crippen molar-refractivity contribution >= 4 is 11.9 Å². The summed E-state index contributed by atoms with van der Waals surface area (Å²) in [6.07, 6.45) is 6.77. The minimum Gasteiger partial charge on any atom is -0.478 e. The average Bonchev–Trinajstić information content (AvgIpc) is 2.98. The summed E-state index contributed by atoms with van der Waals surface area (Å²) in [4.78, 5) is 19.1. The summed E-state index contributed by atoms with van der Waals surface area (Å²) in [7, 11) is 0. The molecule has 0 aromatic heterocycles. The van der Waals surface area contributed by atoms with E-state index in [9.17, 15) is 9.59 Å². The van der Waals surface area contributed by atoms with E-state index >= 15 is 0 Å². The third-order valence-corrected chi connectivity index (χ3v) is 2.93. The number of carboxylic acids is 2. The zero-order chi connectivity index (χ0) is 13.4. The van der Waals surface area contributed by atoms with Crippen LogP contribution in [-0.2, 0) is 9.59 Å². The Kier molecular flexibility index (Phi) is 6.38. The van der Waals surface area contributed by atoms with Crippen LogP contribution < -0.4 is 0 Å². The van der Waals surface area contributed by atoms with E-state index in [2.05, 4.69) is 10.0 Å². The quantitative estimate of drug-likeness (QED) is 0.727. The van der Waals surface area contributed by atoms with Gasteiger partial charge < -0.3 is 10.2 Å². The minimum absolute atomic E-state index is 0.558. The first-order valence-corrected chi connectivity index (χ1v) is 6.23. The van der Waals surface area contributed by atoms with Gasteiger partial charge in [0, 0.05) is 38.3 Å². The fourth-order valence-corrected chi connectivity index (χ4v) is 2.11. The van der Waals surface area contributed by atoms with Crippen LogP contribution >= 0.6 is 0 Å². The second-order valence-electron chi connectivity index (χ2n) is 4.33. The summed E-state index contributed by atoms with van der Waals surface area (Å²) in [5, 5.41) is 20.7. The van der Waals surface area contributed by atoms with Gasteiger partial charge in [0.15, 0.2) is 0 Å². The van der Waals surface area contributed by atoms with Crippen LogP contribution in [0.2, 0.25) is 0 Å². The molecule has 0 atom stereocenters. The molecule has 18 heavy (non-hydrogen) atoms. The number of hydrogen-bond acceptors (Lipinski definition) is 4. The van der Waals surface area contributed by atoms with Gasteiger partial charge in [0.1, 0.15) is 0 Å². The number of hydrazine groups is 1. The summed E-state index contributed by atoms with van der Waals surface area (Å²) in [5.74, 6) is -2.51. The van der Waals surface area contributed by atoms with E-state index in [0.29, 0.717) is 12.2 Å². The molecule has 0 aromatic rings. The van der Waals surface area contributed by atoms with Gasteiger partial charge in [-0.15, -0.1) is 0 Å². The van der Waals surface area contributed by atoms with E-state index in [-0.39, 0.29) is 0 Å². The number of carbonyl (C=O) groups is 2. The van der Waals surface area contributed by atoms with E-state index in [1.54, 1.807) is 0 Å². The van der Waals surface area contributed by atoms with Gasteiger partial charge in [-0.1, -0.05) is 0 Å². The highest BCUT2D eigenvalue weighted by molar-refractivity contribution is 5.89. The maximum atomic E-state index is 9.55. The third-order valence-electron chi connectivity index (χ3n) is 2.93. The maximum absolute atomic E-state index is 9.55. The SMILES string of the molecule is C1CCN(N2CCCC2)C1.O=C(O)/C=C\C(=O)O. The molecule has 0 unspecified atom stereocenters. The molecule has 2 rings (SSSR count). The van der Waals surface area contributed by atoms with Crippen LogP contribution in [0.4, 0.5) is 0 Å². The largest absolute Gasteiger partial charge is 0.478 e. The molecular formula is C12H20N2O4. The van der Waals surface area contributed by atoms with Crippen molar-refractivity contribution in [3.05, 3.63) is 12.2 Å². The number of rotatable bonds is 3. The lowest BCUT2D eigenvalue weighted by Crippen LogP contribution is -2.38. The number of nitrogens with zero attached hydrogens (tertiary/aromatic N) is 2. The Morgan fingerprint density at radius 3 is 1.22 bits per heavy atom. The van der Waals surface area contributed by atoms with Crippen molar-refractivity contribution in [3.63, 3.8) is 0 Å². The summed E-state index contributed by atoms with van der Waals surface area (Å²) >= 11 is 0. The lowest BCUT2D eigenvalue weighted by molar-refractivity contribution is -0.134. The van der Waals surface area contributed by atoms with E-state index in [4.69, 9.17) is 10.2 Å². The molecule has 0 radical (unpaired) electrons. The fourth-order valence-electron chi connectivity index (χ4n) is 2.11. The molecule has 102 valence electrons. The summed E-state index contributed by atoms with van der Waals surface area (Å²) < 4.78 is 0. The molecule has 2 fully saturated rings. The summed E-state index contributed by atoms with van der Waals surface area (Å²) in [6.45, 7) is 5.28. The van der Waals surface area contributed by atoms with Crippen molar-refractivity contribution in [3.8, 4) is 0 Å². The molecule has 0 saturated carbocycles. The van der Waals surface area contributed by atoms with Gasteiger partial charge in [-0.05, 0) is 25.7 Å². The van der Waals surface area contributed by atoms with Crippen LogP contribution in [0.1, 0.15) is 25.7 Å². The van der Waals surface area contributed by atoms with Crippen LogP contribution in [0, 0.1) is 0 Å². The highest BCUT2D eigenvalue weighted by Crippen LogP contribution is 2.16. The zero-order valence-electron chi connectivity index (χ0n) is 10.4. The second kappa shape index (κ2) is 7.84. The average molecular weight is 256 g/mol. The Bertz CT molecular complexity index is 275. The van der Waals surface area contributed by atoms with Gasteiger partial charge in [-0.2, -0.15) is 0 Å². The predicted molar refractivity (Wildman–Crippen MR) is 66.0 cm³/mol. The number of aliphatic carboxylic acids is 2. The summed E-state index contributed by atoms with van der Waals surface area (Å²) in [5.41, 5.74) is 0. The Balaban J connectivity index is 0.000000187. The van der Waals surface area contributed by atoms with Crippen molar-refractivity contribution in [2.24, 2.45) is 0 Å². The molecule has 2 heterocycles. The fraction of sp³-hybridized carbons (Fsp3) is 0.667. The molecule has 0 aromatic carbocycles. The van der Waals surface area contributed by atoms with Gasteiger partial charge in [0.2, 0.25) is 0 Å². The highest BCUT2D eigenvalue weighted by atomic mass is 16.4. The molecule has 2 saturated heterocycles. The van der Waals surface area contributed by atoms with Crippen molar-refractivity contribution in [1.29, 1.82) is 0 Å². The lowest BCUT2D eigenvalue weighted by atomic mass is 10.4. The van der Waals surface area contributed by atoms with Gasteiger partial charge in [0.25, 0.3) is 0 Å². The van der Waals surface area contributed by atoms with Gasteiger partial charge >= 0.3 is 11.9 Å². The van der Waals surface area contributed by atoms with Crippen LogP contribution in [0.5, 0.6) is 0 Å². The Hall–Kier alpha value is -1.40. The first-order valence-electron chi connectivity index (χ1n) is 6.23. The van der Waals surface area contributed by atoms with Gasteiger partial charge in [0.05, 0.1) is 0 Å². The van der Waals surface area contributed by atoms with Gasteiger partial charge in [-0.25, -0.2) is 19.6 Å². The molecule has 0 amide bonds. The van der Waals surface area contributed by atoms with E-state index in [0.717, 1.165) is 0 Å². The van der Waals surface area contributed by atoms with Gasteiger partial charge in [-0.3, -0.25) is 0 Å². The molecule has 6 heteroatoms. The molecule has 0 aliphatic carbocycles. The smallest absolute Gasteiger partial charge is 0.328 e. The first kappa shape index (κ1) is 14.7. The lowest BCUT2D eigenvalue weighted by Gasteiger charge is -2.26. The second-order valence-corrected chi connectivity index (χ2v) is 4.33. The van der Waals surface area contributed by atoms with Crippen LogP contribution in [-0.4, -0.2) is 58.3 Å². The van der Waals surface area contributed by atoms with Crippen LogP contribution in [0.25, 0.3) is 0 Å². The third kappa shape index (κ3) is 5.79. The summed E-state index contributed by atoms with van der Waals surface area (Å²) in [6, 6.07) is 0. The standard InChI is InChI=1S/C8H16N2.C4H4O4/c1-2-6-9(5-1)10-7-3-4-8-10;5-3(6)1-2-4(7)8/h1-8H2;1-2H,(H,5,6)(H,7,8)/b;2-1-. The molecular weight excluding hydrogens is 236 g/mol. The van der Waals surface area contributed by atoms with Crippen molar-refractivity contribution in [2.45, 2.75) is 25.7 Å². The Morgan fingerprint density at radius 1 is 0.722 bits per heavy atom. The molecule has 0 spiro atoms. The molecule has 2 aliphatic heterocycles. The van der Waals surface area contributed by atoms with Crippen LogP contribution in [0.3, 0.4) is 0 Å². The molecule has 2 N–H and O–H groups in total. The number of hydrogen-bond donors (Lipinski definition) is 2. The van der Waals surface area contributed by atoms with Crippen molar-refractivity contribution in [2.75, 3.05) is 26.2 Å². The van der Waals surface area contributed by atoms with Crippen molar-refractivity contribution < 1.29 is 19.8 Å². The monoisotopic (exact) mass is 256 g/mol. The van der Waals surface area contributed by atoms with E-state index < -0.39 is 11.9 Å². The van der Waals surface area contributed by atoms with E-state index in [1.165, 1.54) is 51.9 Å². The van der Waals surface area contributed by atoms with Crippen LogP contribution in [0.15, 0.2) is 12.2 Å². The molecule has 2 aliphatic rings. The zero-order valence-corrected chi connectivity index (χ0v) is 10.4. The van der Waals surface area contributed by atoms with E-state index in [1.807, 2.05) is 0 Å². The van der Waals surface area contributed by atoms with Crippen molar-refractivity contribution in [1.82, 2.24) is 10.0 Å². The highest BCUT2D eigenvalue weighted by Gasteiger charge is 2.21. The Morgan fingerprint density at radius 2 is 1.00 bits per heavy atom. The topological polar surface area (TPSA) is 81.1 Å². The normalized spacial score (nSPS) is 20.9. The minimum atomic E-state index is -1.26. The Labute approximate surface area is 106 Å². The first-order chi connectivity index (χ1) is 8.59. The molecule has 0 bridgehead atoms. The molecule has 6 nitrogen and oxygen atoms in total. The maximum Gasteiger partial charge on any atom is 0.328 e. The number of carboxylic acid groups (broad SMARTS) is 2.